The Hall–Kier alpha value is -0.160. The summed E-state index contributed by atoms with van der Waals surface area (Å²) in [6.07, 6.45) is -1.36. The highest BCUT2D eigenvalue weighted by molar-refractivity contribution is 4.50. The first-order chi connectivity index (χ1) is 4.66. The molecule has 0 rings (SSSR count). The highest BCUT2D eigenvalue weighted by Crippen LogP contribution is 1.86. The third kappa shape index (κ3) is 5.97. The van der Waals surface area contributed by atoms with Crippen molar-refractivity contribution in [2.24, 2.45) is 0 Å². The van der Waals surface area contributed by atoms with Gasteiger partial charge in [-0.15, -0.1) is 0 Å². The molecule has 0 saturated carbocycles. The molecular formula is C6H14O4. The molecule has 62 valence electrons. The third-order valence-electron chi connectivity index (χ3n) is 0.880. The topological polar surface area (TPSA) is 69.9 Å². The van der Waals surface area contributed by atoms with Gasteiger partial charge in [0.1, 0.15) is 6.10 Å². The summed E-state index contributed by atoms with van der Waals surface area (Å²) >= 11 is 0. The first-order valence-corrected chi connectivity index (χ1v) is 3.21. The molecule has 1 unspecified atom stereocenters. The van der Waals surface area contributed by atoms with Crippen molar-refractivity contribution < 1.29 is 20.1 Å². The van der Waals surface area contributed by atoms with E-state index in [1.165, 1.54) is 0 Å². The fraction of sp³-hybridized carbons (Fsp3) is 1.00. The van der Waals surface area contributed by atoms with Crippen LogP contribution in [0.1, 0.15) is 6.92 Å². The van der Waals surface area contributed by atoms with E-state index in [2.05, 4.69) is 0 Å². The highest BCUT2D eigenvalue weighted by atomic mass is 16.5. The molecule has 4 heteroatoms. The molecule has 0 bridgehead atoms. The van der Waals surface area contributed by atoms with Gasteiger partial charge in [0.05, 0.1) is 25.9 Å². The van der Waals surface area contributed by atoms with Crippen LogP contribution in [0.25, 0.3) is 0 Å². The van der Waals surface area contributed by atoms with Gasteiger partial charge < -0.3 is 20.1 Å². The quantitative estimate of drug-likeness (QED) is 0.457. The Balaban J connectivity index is 3.03. The summed E-state index contributed by atoms with van der Waals surface area (Å²) in [5, 5.41) is 25.7. The summed E-state index contributed by atoms with van der Waals surface area (Å²) in [6.45, 7) is 1.55. The maximum atomic E-state index is 8.71. The molecule has 0 aliphatic carbocycles. The summed E-state index contributed by atoms with van der Waals surface area (Å²) < 4.78 is 4.79. The van der Waals surface area contributed by atoms with E-state index in [9.17, 15) is 0 Å². The zero-order chi connectivity index (χ0) is 7.98. The molecule has 0 aliphatic heterocycles. The van der Waals surface area contributed by atoms with Gasteiger partial charge in [-0.1, -0.05) is 0 Å². The molecule has 3 N–H and O–H groups in total. The zero-order valence-corrected chi connectivity index (χ0v) is 6.03. The number of hydrogen-bond acceptors (Lipinski definition) is 4. The third-order valence-corrected chi connectivity index (χ3v) is 0.880. The zero-order valence-electron chi connectivity index (χ0n) is 6.03. The van der Waals surface area contributed by atoms with Crippen LogP contribution >= 0.6 is 0 Å². The molecule has 0 aromatic heterocycles. The fourth-order valence-corrected chi connectivity index (χ4v) is 0.427. The minimum absolute atomic E-state index is 0.0708. The van der Waals surface area contributed by atoms with E-state index in [1.54, 1.807) is 6.92 Å². The first-order valence-electron chi connectivity index (χ1n) is 3.21. The van der Waals surface area contributed by atoms with E-state index in [1.807, 2.05) is 0 Å². The van der Waals surface area contributed by atoms with E-state index in [4.69, 9.17) is 20.1 Å². The normalized spacial score (nSPS) is 16.8. The second-order valence-electron chi connectivity index (χ2n) is 2.22. The molecule has 0 saturated heterocycles. The number of ether oxygens (including phenoxy) is 1. The van der Waals surface area contributed by atoms with Crippen LogP contribution in [0.4, 0.5) is 0 Å². The lowest BCUT2D eigenvalue weighted by Gasteiger charge is -2.08. The van der Waals surface area contributed by atoms with Gasteiger partial charge in [-0.25, -0.2) is 0 Å². The van der Waals surface area contributed by atoms with Crippen LogP contribution in [0.5, 0.6) is 0 Å². The van der Waals surface area contributed by atoms with Crippen LogP contribution in [0, 0.1) is 0 Å². The second kappa shape index (κ2) is 5.61. The standard InChI is InChI=1S/C6H14O4/c1-5(8)3-10-4-6(9)2-7/h5-9H,2-4H2,1H3/t5-,6?/m1/s1. The summed E-state index contributed by atoms with van der Waals surface area (Å²) in [6, 6.07) is 0. The molecule has 4 nitrogen and oxygen atoms in total. The maximum absolute atomic E-state index is 8.71. The molecule has 0 amide bonds. The van der Waals surface area contributed by atoms with Crippen LogP contribution in [-0.2, 0) is 4.74 Å². The molecule has 0 spiro atoms. The summed E-state index contributed by atoms with van der Waals surface area (Å²) in [7, 11) is 0. The SMILES string of the molecule is C[C@@H](O)COCC(O)CO. The van der Waals surface area contributed by atoms with Gasteiger partial charge in [-0.05, 0) is 6.92 Å². The van der Waals surface area contributed by atoms with Gasteiger partial charge in [-0.2, -0.15) is 0 Å². The minimum atomic E-state index is -0.834. The highest BCUT2D eigenvalue weighted by Gasteiger charge is 2.02. The molecule has 0 aliphatic rings. The first kappa shape index (κ1) is 9.84. The van der Waals surface area contributed by atoms with Crippen LogP contribution in [0.3, 0.4) is 0 Å². The maximum Gasteiger partial charge on any atom is 0.100 e. The van der Waals surface area contributed by atoms with Crippen molar-refractivity contribution in [1.29, 1.82) is 0 Å². The van der Waals surface area contributed by atoms with Crippen LogP contribution in [0.2, 0.25) is 0 Å². The molecular weight excluding hydrogens is 136 g/mol. The van der Waals surface area contributed by atoms with Crippen LogP contribution < -0.4 is 0 Å². The molecule has 0 heterocycles. The van der Waals surface area contributed by atoms with Gasteiger partial charge in [0.2, 0.25) is 0 Å². The van der Waals surface area contributed by atoms with Crippen LogP contribution in [0.15, 0.2) is 0 Å². The molecule has 2 atom stereocenters. The van der Waals surface area contributed by atoms with Crippen LogP contribution in [-0.4, -0.2) is 47.3 Å². The second-order valence-corrected chi connectivity index (χ2v) is 2.22. The number of rotatable bonds is 5. The Kier molecular flexibility index (Phi) is 5.52. The monoisotopic (exact) mass is 150 g/mol. The molecule has 10 heavy (non-hydrogen) atoms. The van der Waals surface area contributed by atoms with Gasteiger partial charge in [0.25, 0.3) is 0 Å². The molecule has 0 fully saturated rings. The number of hydrogen-bond donors (Lipinski definition) is 3. The van der Waals surface area contributed by atoms with E-state index >= 15 is 0 Å². The smallest absolute Gasteiger partial charge is 0.100 e. The van der Waals surface area contributed by atoms with Crippen molar-refractivity contribution in [3.05, 3.63) is 0 Å². The lowest BCUT2D eigenvalue weighted by Crippen LogP contribution is -2.22. The predicted molar refractivity (Wildman–Crippen MR) is 35.6 cm³/mol. The predicted octanol–water partition coefficient (Wildman–Crippen LogP) is -1.26. The van der Waals surface area contributed by atoms with Gasteiger partial charge in [0, 0.05) is 0 Å². The van der Waals surface area contributed by atoms with Crippen molar-refractivity contribution in [2.75, 3.05) is 19.8 Å². The Morgan fingerprint density at radius 3 is 2.30 bits per heavy atom. The fourth-order valence-electron chi connectivity index (χ4n) is 0.427. The van der Waals surface area contributed by atoms with Crippen molar-refractivity contribution >= 4 is 0 Å². The van der Waals surface area contributed by atoms with E-state index < -0.39 is 12.2 Å². The summed E-state index contributed by atoms with van der Waals surface area (Å²) in [5.74, 6) is 0. The van der Waals surface area contributed by atoms with E-state index in [-0.39, 0.29) is 19.8 Å². The van der Waals surface area contributed by atoms with Gasteiger partial charge >= 0.3 is 0 Å². The molecule has 0 radical (unpaired) electrons. The average Bonchev–Trinajstić information content (AvgIpc) is 1.87. The van der Waals surface area contributed by atoms with Crippen molar-refractivity contribution in [3.63, 3.8) is 0 Å². The summed E-state index contributed by atoms with van der Waals surface area (Å²) in [4.78, 5) is 0. The minimum Gasteiger partial charge on any atom is -0.394 e. The van der Waals surface area contributed by atoms with Gasteiger partial charge in [-0.3, -0.25) is 0 Å². The van der Waals surface area contributed by atoms with Crippen molar-refractivity contribution in [3.8, 4) is 0 Å². The Bertz CT molecular complexity index is 74.1. The van der Waals surface area contributed by atoms with Crippen molar-refractivity contribution in [1.82, 2.24) is 0 Å². The summed E-state index contributed by atoms with van der Waals surface area (Å²) in [5.41, 5.74) is 0. The number of aliphatic hydroxyl groups excluding tert-OH is 3. The van der Waals surface area contributed by atoms with Gasteiger partial charge in [0.15, 0.2) is 0 Å². The Labute approximate surface area is 60.1 Å². The molecule has 0 aromatic carbocycles. The number of aliphatic hydroxyl groups is 3. The average molecular weight is 150 g/mol. The Morgan fingerprint density at radius 1 is 1.30 bits per heavy atom. The molecule has 0 aromatic rings. The van der Waals surface area contributed by atoms with Crippen molar-refractivity contribution in [2.45, 2.75) is 19.1 Å². The largest absolute Gasteiger partial charge is 0.394 e. The van der Waals surface area contributed by atoms with E-state index in [0.29, 0.717) is 0 Å². The Morgan fingerprint density at radius 2 is 1.90 bits per heavy atom. The lowest BCUT2D eigenvalue weighted by molar-refractivity contribution is -0.0201. The van der Waals surface area contributed by atoms with E-state index in [0.717, 1.165) is 0 Å². The lowest BCUT2D eigenvalue weighted by atomic mass is 10.4.